The molecule has 3 rings (SSSR count). The van der Waals surface area contributed by atoms with Crippen molar-refractivity contribution in [2.45, 2.75) is 39.3 Å². The van der Waals surface area contributed by atoms with Crippen molar-refractivity contribution in [2.75, 3.05) is 12.4 Å². The lowest BCUT2D eigenvalue weighted by Gasteiger charge is -2.51. The predicted molar refractivity (Wildman–Crippen MR) is 83.1 cm³/mol. The summed E-state index contributed by atoms with van der Waals surface area (Å²) >= 11 is 0. The van der Waals surface area contributed by atoms with Crippen LogP contribution in [0.1, 0.15) is 25.8 Å². The van der Waals surface area contributed by atoms with Crippen LogP contribution in [0.25, 0.3) is 10.9 Å². The molecule has 0 radical (unpaired) electrons. The number of hydrogen-bond acceptors (Lipinski definition) is 3. The molecular weight excluding hydrogens is 248 g/mol. The Balaban J connectivity index is 1.87. The lowest BCUT2D eigenvalue weighted by molar-refractivity contribution is -0.0795. The zero-order chi connectivity index (χ0) is 14.3. The molecule has 1 saturated carbocycles. The summed E-state index contributed by atoms with van der Waals surface area (Å²) in [7, 11) is 1.79. The zero-order valence-electron chi connectivity index (χ0n) is 12.6. The number of rotatable bonds is 3. The summed E-state index contributed by atoms with van der Waals surface area (Å²) in [5.41, 5.74) is 2.38. The van der Waals surface area contributed by atoms with E-state index < -0.39 is 0 Å². The fourth-order valence-electron chi connectivity index (χ4n) is 3.06. The number of para-hydroxylation sites is 1. The molecule has 1 N–H and O–H groups in total. The quantitative estimate of drug-likeness (QED) is 0.922. The van der Waals surface area contributed by atoms with Gasteiger partial charge in [-0.3, -0.25) is 0 Å². The van der Waals surface area contributed by atoms with E-state index in [9.17, 15) is 0 Å². The van der Waals surface area contributed by atoms with Gasteiger partial charge in [0, 0.05) is 24.0 Å². The molecule has 3 nitrogen and oxygen atoms in total. The molecule has 2 aromatic rings. The molecule has 0 aliphatic heterocycles. The van der Waals surface area contributed by atoms with Gasteiger partial charge in [-0.15, -0.1) is 0 Å². The molecule has 106 valence electrons. The minimum absolute atomic E-state index is 0.147. The first-order valence-electron chi connectivity index (χ1n) is 7.18. The summed E-state index contributed by atoms with van der Waals surface area (Å²) in [5, 5.41) is 4.80. The third-order valence-corrected chi connectivity index (χ3v) is 4.69. The maximum absolute atomic E-state index is 5.51. The van der Waals surface area contributed by atoms with E-state index in [4.69, 9.17) is 9.72 Å². The van der Waals surface area contributed by atoms with Gasteiger partial charge in [0.15, 0.2) is 0 Å². The Labute approximate surface area is 120 Å². The number of nitrogens with zero attached hydrogens (tertiary/aromatic N) is 1. The second kappa shape index (κ2) is 4.74. The Hall–Kier alpha value is -1.61. The van der Waals surface area contributed by atoms with Gasteiger partial charge in [-0.1, -0.05) is 32.0 Å². The van der Waals surface area contributed by atoms with Crippen molar-refractivity contribution in [3.63, 3.8) is 0 Å². The van der Waals surface area contributed by atoms with Crippen LogP contribution in [-0.4, -0.2) is 24.2 Å². The largest absolute Gasteiger partial charge is 0.381 e. The van der Waals surface area contributed by atoms with Crippen LogP contribution in [0.3, 0.4) is 0 Å². The lowest BCUT2D eigenvalue weighted by atomic mass is 9.64. The van der Waals surface area contributed by atoms with E-state index in [0.717, 1.165) is 17.8 Å². The summed E-state index contributed by atoms with van der Waals surface area (Å²) in [4.78, 5) is 4.76. The van der Waals surface area contributed by atoms with Crippen LogP contribution >= 0.6 is 0 Å². The third-order valence-electron chi connectivity index (χ3n) is 4.69. The zero-order valence-corrected chi connectivity index (χ0v) is 12.6. The minimum Gasteiger partial charge on any atom is -0.381 e. The highest BCUT2D eigenvalue weighted by atomic mass is 16.5. The van der Waals surface area contributed by atoms with Gasteiger partial charge >= 0.3 is 0 Å². The fourth-order valence-corrected chi connectivity index (χ4v) is 3.06. The topological polar surface area (TPSA) is 34.1 Å². The number of ether oxygens (including phenoxy) is 1. The number of benzene rings is 1. The van der Waals surface area contributed by atoms with Crippen molar-refractivity contribution in [1.82, 2.24) is 4.98 Å². The Kier molecular flexibility index (Phi) is 3.17. The van der Waals surface area contributed by atoms with E-state index >= 15 is 0 Å². The first kappa shape index (κ1) is 13.4. The highest BCUT2D eigenvalue weighted by Gasteiger charge is 2.48. The Morgan fingerprint density at radius 2 is 2.05 bits per heavy atom. The predicted octanol–water partition coefficient (Wildman–Crippen LogP) is 3.77. The van der Waals surface area contributed by atoms with Crippen molar-refractivity contribution in [1.29, 1.82) is 0 Å². The van der Waals surface area contributed by atoms with Gasteiger partial charge in [0.1, 0.15) is 5.82 Å². The first-order valence-corrected chi connectivity index (χ1v) is 7.18. The summed E-state index contributed by atoms with van der Waals surface area (Å²) in [5.74, 6) is 0.997. The van der Waals surface area contributed by atoms with Crippen molar-refractivity contribution in [3.8, 4) is 0 Å². The van der Waals surface area contributed by atoms with Crippen LogP contribution in [0.2, 0.25) is 0 Å². The van der Waals surface area contributed by atoms with Gasteiger partial charge in [0.2, 0.25) is 0 Å². The van der Waals surface area contributed by atoms with Crippen LogP contribution in [-0.2, 0) is 4.74 Å². The first-order chi connectivity index (χ1) is 9.52. The van der Waals surface area contributed by atoms with Crippen LogP contribution in [0.15, 0.2) is 30.3 Å². The molecule has 0 spiro atoms. The molecule has 20 heavy (non-hydrogen) atoms. The van der Waals surface area contributed by atoms with Gasteiger partial charge in [-0.05, 0) is 31.0 Å². The maximum atomic E-state index is 5.51. The number of pyridine rings is 1. The van der Waals surface area contributed by atoms with Gasteiger partial charge in [0.05, 0.1) is 11.6 Å². The molecule has 2 unspecified atom stereocenters. The number of hydrogen-bond donors (Lipinski definition) is 1. The third kappa shape index (κ3) is 2.06. The molecule has 0 bridgehead atoms. The van der Waals surface area contributed by atoms with Crippen LogP contribution < -0.4 is 5.32 Å². The molecule has 2 atom stereocenters. The normalized spacial score (nSPS) is 24.4. The molecule has 0 amide bonds. The number of methoxy groups -OCH3 is 1. The smallest absolute Gasteiger partial charge is 0.129 e. The molecular formula is C17H22N2O. The average Bonchev–Trinajstić information content (AvgIpc) is 2.43. The Morgan fingerprint density at radius 1 is 1.30 bits per heavy atom. The second-order valence-corrected chi connectivity index (χ2v) is 6.32. The highest BCUT2D eigenvalue weighted by Crippen LogP contribution is 2.44. The maximum Gasteiger partial charge on any atom is 0.129 e. The van der Waals surface area contributed by atoms with Gasteiger partial charge in [-0.2, -0.15) is 0 Å². The highest BCUT2D eigenvalue weighted by molar-refractivity contribution is 5.81. The Bertz CT molecular complexity index is 636. The van der Waals surface area contributed by atoms with Gasteiger partial charge in [-0.25, -0.2) is 4.98 Å². The van der Waals surface area contributed by atoms with E-state index in [2.05, 4.69) is 50.4 Å². The Morgan fingerprint density at radius 3 is 2.75 bits per heavy atom. The van der Waals surface area contributed by atoms with Gasteiger partial charge in [0.25, 0.3) is 0 Å². The summed E-state index contributed by atoms with van der Waals surface area (Å²) in [6, 6.07) is 10.9. The molecule has 3 heteroatoms. The van der Waals surface area contributed by atoms with Crippen LogP contribution in [0.5, 0.6) is 0 Å². The van der Waals surface area contributed by atoms with Crippen molar-refractivity contribution in [3.05, 3.63) is 35.9 Å². The standard InChI is InChI=1S/C17H22N2O/c1-11-9-12-7-5-6-8-13(12)18-16(11)19-14-10-15(20-4)17(14,2)3/h5-9,14-15H,10H2,1-4H3,(H,18,19). The van der Waals surface area contributed by atoms with E-state index in [1.165, 1.54) is 10.9 Å². The SMILES string of the molecule is COC1CC(Nc2nc3ccccc3cc2C)C1(C)C. The molecule has 1 aliphatic carbocycles. The average molecular weight is 270 g/mol. The molecule has 0 saturated heterocycles. The number of fused-ring (bicyclic) bond motifs is 1. The van der Waals surface area contributed by atoms with Gasteiger partial charge < -0.3 is 10.1 Å². The summed E-state index contributed by atoms with van der Waals surface area (Å²) in [6.45, 7) is 6.61. The molecule has 1 fully saturated rings. The number of nitrogens with one attached hydrogen (secondary N) is 1. The van der Waals surface area contributed by atoms with Crippen molar-refractivity contribution >= 4 is 16.7 Å². The molecule has 1 aromatic carbocycles. The molecule has 1 aromatic heterocycles. The van der Waals surface area contributed by atoms with Crippen molar-refractivity contribution < 1.29 is 4.74 Å². The molecule has 1 aliphatic rings. The lowest BCUT2D eigenvalue weighted by Crippen LogP contribution is -2.57. The monoisotopic (exact) mass is 270 g/mol. The second-order valence-electron chi connectivity index (χ2n) is 6.32. The van der Waals surface area contributed by atoms with E-state index in [1.807, 2.05) is 6.07 Å². The number of aromatic nitrogens is 1. The fraction of sp³-hybridized carbons (Fsp3) is 0.471. The summed E-state index contributed by atoms with van der Waals surface area (Å²) in [6.07, 6.45) is 1.37. The number of anilines is 1. The number of aryl methyl sites for hydroxylation is 1. The molecule has 1 heterocycles. The van der Waals surface area contributed by atoms with E-state index in [1.54, 1.807) is 7.11 Å². The van der Waals surface area contributed by atoms with Crippen molar-refractivity contribution in [2.24, 2.45) is 5.41 Å². The summed E-state index contributed by atoms with van der Waals surface area (Å²) < 4.78 is 5.51. The van der Waals surface area contributed by atoms with E-state index in [-0.39, 0.29) is 5.41 Å². The van der Waals surface area contributed by atoms with Crippen LogP contribution in [0, 0.1) is 12.3 Å². The van der Waals surface area contributed by atoms with E-state index in [0.29, 0.717) is 12.1 Å². The van der Waals surface area contributed by atoms with Crippen LogP contribution in [0.4, 0.5) is 5.82 Å². The minimum atomic E-state index is 0.147.